The standard InChI is InChI=1S/C26H16Cl3NO/c27-20-8-5-17(6-9-20)16-31-26-12-7-18-3-1-2-4-22(18)24(26)13-19(15-30)23-11-10-21(28)14-25(23)29/h1-14H,16H2/b19-13+. The van der Waals surface area contributed by atoms with E-state index in [-0.39, 0.29) is 0 Å². The minimum atomic E-state index is 0.375. The highest BCUT2D eigenvalue weighted by Crippen LogP contribution is 2.34. The van der Waals surface area contributed by atoms with Crippen molar-refractivity contribution in [3.05, 3.63) is 111 Å². The molecule has 0 saturated carbocycles. The number of hydrogen-bond donors (Lipinski definition) is 0. The van der Waals surface area contributed by atoms with Gasteiger partial charge in [0.1, 0.15) is 12.4 Å². The summed E-state index contributed by atoms with van der Waals surface area (Å²) in [5, 5.41) is 13.5. The Morgan fingerprint density at radius 1 is 0.871 bits per heavy atom. The molecule has 0 unspecified atom stereocenters. The highest BCUT2D eigenvalue weighted by atomic mass is 35.5. The third kappa shape index (κ3) is 4.86. The lowest BCUT2D eigenvalue weighted by Crippen LogP contribution is -1.98. The van der Waals surface area contributed by atoms with Crippen molar-refractivity contribution in [1.82, 2.24) is 0 Å². The molecule has 5 heteroatoms. The van der Waals surface area contributed by atoms with E-state index < -0.39 is 0 Å². The molecule has 0 bridgehead atoms. The summed E-state index contributed by atoms with van der Waals surface area (Å²) in [5.41, 5.74) is 2.85. The average molecular weight is 465 g/mol. The Kier molecular flexibility index (Phi) is 6.49. The smallest absolute Gasteiger partial charge is 0.127 e. The first kappa shape index (κ1) is 21.3. The van der Waals surface area contributed by atoms with E-state index in [1.54, 1.807) is 18.2 Å². The van der Waals surface area contributed by atoms with E-state index in [1.165, 1.54) is 0 Å². The quantitative estimate of drug-likeness (QED) is 0.219. The van der Waals surface area contributed by atoms with Crippen LogP contribution in [0.25, 0.3) is 22.4 Å². The zero-order valence-corrected chi connectivity index (χ0v) is 18.5. The van der Waals surface area contributed by atoms with Gasteiger partial charge in [-0.05, 0) is 52.7 Å². The van der Waals surface area contributed by atoms with Gasteiger partial charge in [0.15, 0.2) is 0 Å². The van der Waals surface area contributed by atoms with Crippen LogP contribution in [0.1, 0.15) is 16.7 Å². The molecular weight excluding hydrogens is 449 g/mol. The lowest BCUT2D eigenvalue weighted by atomic mass is 9.98. The zero-order chi connectivity index (χ0) is 21.8. The average Bonchev–Trinajstić information content (AvgIpc) is 2.78. The second kappa shape index (κ2) is 9.45. The van der Waals surface area contributed by atoms with Crippen molar-refractivity contribution in [3.8, 4) is 11.8 Å². The third-order valence-electron chi connectivity index (χ3n) is 4.87. The van der Waals surface area contributed by atoms with Crippen LogP contribution in [0, 0.1) is 11.3 Å². The maximum atomic E-state index is 9.87. The second-order valence-corrected chi connectivity index (χ2v) is 8.19. The molecule has 0 saturated heterocycles. The molecule has 0 aromatic heterocycles. The predicted molar refractivity (Wildman–Crippen MR) is 130 cm³/mol. The van der Waals surface area contributed by atoms with Gasteiger partial charge in [-0.2, -0.15) is 5.26 Å². The summed E-state index contributed by atoms with van der Waals surface area (Å²) in [4.78, 5) is 0. The van der Waals surface area contributed by atoms with Gasteiger partial charge in [0.25, 0.3) is 0 Å². The van der Waals surface area contributed by atoms with Crippen LogP contribution < -0.4 is 4.74 Å². The number of halogens is 3. The molecule has 0 heterocycles. The van der Waals surface area contributed by atoms with Gasteiger partial charge in [-0.1, -0.05) is 83.3 Å². The van der Waals surface area contributed by atoms with Crippen molar-refractivity contribution in [1.29, 1.82) is 5.26 Å². The van der Waals surface area contributed by atoms with E-state index in [1.807, 2.05) is 66.7 Å². The molecule has 4 aromatic carbocycles. The minimum Gasteiger partial charge on any atom is -0.488 e. The SMILES string of the molecule is N#C/C(=C\c1c(OCc2ccc(Cl)cc2)ccc2ccccc12)c1ccc(Cl)cc1Cl. The van der Waals surface area contributed by atoms with Gasteiger partial charge in [0.2, 0.25) is 0 Å². The summed E-state index contributed by atoms with van der Waals surface area (Å²) in [6.45, 7) is 0.375. The maximum absolute atomic E-state index is 9.87. The van der Waals surface area contributed by atoms with Crippen molar-refractivity contribution in [2.24, 2.45) is 0 Å². The van der Waals surface area contributed by atoms with E-state index in [0.717, 1.165) is 21.9 Å². The van der Waals surface area contributed by atoms with Crippen LogP contribution in [-0.2, 0) is 6.61 Å². The monoisotopic (exact) mass is 463 g/mol. The van der Waals surface area contributed by atoms with Crippen LogP contribution >= 0.6 is 34.8 Å². The van der Waals surface area contributed by atoms with Gasteiger partial charge in [0, 0.05) is 21.2 Å². The van der Waals surface area contributed by atoms with Crippen LogP contribution in [0.2, 0.25) is 15.1 Å². The molecule has 0 amide bonds. The topological polar surface area (TPSA) is 33.0 Å². The van der Waals surface area contributed by atoms with Crippen molar-refractivity contribution < 1.29 is 4.74 Å². The van der Waals surface area contributed by atoms with Gasteiger partial charge in [-0.15, -0.1) is 0 Å². The number of fused-ring (bicyclic) bond motifs is 1. The van der Waals surface area contributed by atoms with Gasteiger partial charge < -0.3 is 4.74 Å². The van der Waals surface area contributed by atoms with E-state index in [0.29, 0.717) is 38.6 Å². The molecule has 31 heavy (non-hydrogen) atoms. The zero-order valence-electron chi connectivity index (χ0n) is 16.3. The molecule has 2 nitrogen and oxygen atoms in total. The first-order valence-corrected chi connectivity index (χ1v) is 10.6. The summed E-state index contributed by atoms with van der Waals surface area (Å²) >= 11 is 18.4. The molecule has 152 valence electrons. The summed E-state index contributed by atoms with van der Waals surface area (Å²) in [5.74, 6) is 0.673. The van der Waals surface area contributed by atoms with Gasteiger partial charge in [-0.25, -0.2) is 0 Å². The molecule has 0 atom stereocenters. The summed E-state index contributed by atoms with van der Waals surface area (Å²) in [6, 6.07) is 26.8. The first-order valence-electron chi connectivity index (χ1n) is 9.51. The molecule has 4 aromatic rings. The summed E-state index contributed by atoms with van der Waals surface area (Å²) in [6.07, 6.45) is 1.81. The Balaban J connectivity index is 1.80. The number of ether oxygens (including phenoxy) is 1. The van der Waals surface area contributed by atoms with Crippen molar-refractivity contribution in [2.75, 3.05) is 0 Å². The molecule has 0 aliphatic carbocycles. The fourth-order valence-electron chi connectivity index (χ4n) is 3.31. The maximum Gasteiger partial charge on any atom is 0.127 e. The molecule has 4 rings (SSSR count). The molecule has 0 N–H and O–H groups in total. The highest BCUT2D eigenvalue weighted by Gasteiger charge is 2.12. The predicted octanol–water partition coefficient (Wildman–Crippen LogP) is 8.44. The molecule has 0 fully saturated rings. The fourth-order valence-corrected chi connectivity index (χ4v) is 3.95. The lowest BCUT2D eigenvalue weighted by Gasteiger charge is -2.13. The van der Waals surface area contributed by atoms with Crippen LogP contribution in [0.5, 0.6) is 5.75 Å². The normalized spacial score (nSPS) is 11.4. The Morgan fingerprint density at radius 3 is 2.35 bits per heavy atom. The van der Waals surface area contributed by atoms with Crippen molar-refractivity contribution >= 4 is 57.2 Å². The largest absolute Gasteiger partial charge is 0.488 e. The summed E-state index contributed by atoms with van der Waals surface area (Å²) in [7, 11) is 0. The van der Waals surface area contributed by atoms with E-state index in [9.17, 15) is 5.26 Å². The lowest BCUT2D eigenvalue weighted by molar-refractivity contribution is 0.306. The van der Waals surface area contributed by atoms with Gasteiger partial charge in [0.05, 0.1) is 16.7 Å². The molecule has 0 spiro atoms. The van der Waals surface area contributed by atoms with Crippen LogP contribution in [-0.4, -0.2) is 0 Å². The Labute approximate surface area is 195 Å². The number of allylic oxidation sites excluding steroid dienone is 1. The Hall–Kier alpha value is -2.96. The molecular formula is C26H16Cl3NO. The van der Waals surface area contributed by atoms with Gasteiger partial charge in [-0.3, -0.25) is 0 Å². The number of hydrogen-bond acceptors (Lipinski definition) is 2. The van der Waals surface area contributed by atoms with E-state index in [2.05, 4.69) is 6.07 Å². The number of nitriles is 1. The molecule has 0 radical (unpaired) electrons. The van der Waals surface area contributed by atoms with Gasteiger partial charge >= 0.3 is 0 Å². The Bertz CT molecular complexity index is 1320. The summed E-state index contributed by atoms with van der Waals surface area (Å²) < 4.78 is 6.15. The third-order valence-corrected chi connectivity index (χ3v) is 5.67. The van der Waals surface area contributed by atoms with Crippen molar-refractivity contribution in [3.63, 3.8) is 0 Å². The number of rotatable bonds is 5. The molecule has 0 aliphatic heterocycles. The second-order valence-electron chi connectivity index (χ2n) is 6.91. The Morgan fingerprint density at radius 2 is 1.61 bits per heavy atom. The van der Waals surface area contributed by atoms with Crippen molar-refractivity contribution in [2.45, 2.75) is 6.61 Å². The number of nitrogens with zero attached hydrogens (tertiary/aromatic N) is 1. The first-order chi connectivity index (χ1) is 15.0. The highest BCUT2D eigenvalue weighted by molar-refractivity contribution is 6.36. The minimum absolute atomic E-state index is 0.375. The van der Waals surface area contributed by atoms with Crippen LogP contribution in [0.3, 0.4) is 0 Å². The fraction of sp³-hybridized carbons (Fsp3) is 0.0385. The number of benzene rings is 4. The van der Waals surface area contributed by atoms with E-state index >= 15 is 0 Å². The van der Waals surface area contributed by atoms with Crippen LogP contribution in [0.15, 0.2) is 78.9 Å². The van der Waals surface area contributed by atoms with E-state index in [4.69, 9.17) is 39.5 Å². The van der Waals surface area contributed by atoms with Crippen LogP contribution in [0.4, 0.5) is 0 Å². The molecule has 0 aliphatic rings.